The Morgan fingerprint density at radius 3 is 2.30 bits per heavy atom. The molecule has 2 unspecified atom stereocenters. The Hall–Kier alpha value is -1.77. The SMILES string of the molecule is CC#CCOc1ccc(S(=O)(=O)N(C)C(C(=O)NO)C(C)(C)SCC(C)N(CC)CC)cc1. The van der Waals surface area contributed by atoms with E-state index in [0.717, 1.165) is 17.4 Å². The van der Waals surface area contributed by atoms with Crippen LogP contribution in [0, 0.1) is 11.8 Å². The van der Waals surface area contributed by atoms with Crippen molar-refractivity contribution in [1.82, 2.24) is 14.7 Å². The Balaban J connectivity index is 3.14. The molecule has 0 heterocycles. The van der Waals surface area contributed by atoms with Crippen molar-refractivity contribution in [2.24, 2.45) is 0 Å². The van der Waals surface area contributed by atoms with Gasteiger partial charge in [-0.25, -0.2) is 13.9 Å². The monoisotopic (exact) mass is 499 g/mol. The van der Waals surface area contributed by atoms with E-state index in [4.69, 9.17) is 4.74 Å². The van der Waals surface area contributed by atoms with Crippen LogP contribution in [0.2, 0.25) is 0 Å². The number of thioether (sulfide) groups is 1. The third-order valence-electron chi connectivity index (χ3n) is 5.50. The zero-order chi connectivity index (χ0) is 25.2. The standard InChI is InChI=1S/C23H37N3O5S2/c1-8-11-16-31-19-12-14-20(15-13-19)33(29,30)25(7)21(22(27)24-28)23(5,6)32-17-18(4)26(9-2)10-3/h12-15,18,21,28H,9-10,16-17H2,1-7H3,(H,24,27). The number of benzene rings is 1. The van der Waals surface area contributed by atoms with Crippen LogP contribution < -0.4 is 10.2 Å². The van der Waals surface area contributed by atoms with Gasteiger partial charge in [0, 0.05) is 23.6 Å². The molecular formula is C23H37N3O5S2. The van der Waals surface area contributed by atoms with Crippen molar-refractivity contribution in [3.8, 4) is 17.6 Å². The Bertz CT molecular complexity index is 920. The van der Waals surface area contributed by atoms with E-state index >= 15 is 0 Å². The van der Waals surface area contributed by atoms with Gasteiger partial charge in [-0.15, -0.1) is 5.92 Å². The number of sulfonamides is 1. The summed E-state index contributed by atoms with van der Waals surface area (Å²) in [6.45, 7) is 13.6. The molecule has 0 aliphatic heterocycles. The maximum Gasteiger partial charge on any atom is 0.263 e. The summed E-state index contributed by atoms with van der Waals surface area (Å²) in [6.07, 6.45) is 0. The van der Waals surface area contributed by atoms with Crippen molar-refractivity contribution in [1.29, 1.82) is 0 Å². The fourth-order valence-corrected chi connectivity index (χ4v) is 6.37. The van der Waals surface area contributed by atoms with Crippen molar-refractivity contribution in [3.05, 3.63) is 24.3 Å². The van der Waals surface area contributed by atoms with Gasteiger partial charge in [-0.3, -0.25) is 10.0 Å². The molecule has 0 aliphatic rings. The van der Waals surface area contributed by atoms with E-state index in [-0.39, 0.29) is 17.5 Å². The van der Waals surface area contributed by atoms with Crippen molar-refractivity contribution in [2.75, 3.05) is 32.5 Å². The molecule has 8 nitrogen and oxygen atoms in total. The highest BCUT2D eigenvalue weighted by Gasteiger charge is 2.44. The van der Waals surface area contributed by atoms with Crippen LogP contribution in [-0.2, 0) is 14.8 Å². The second-order valence-electron chi connectivity index (χ2n) is 8.07. The molecule has 1 aromatic carbocycles. The molecule has 0 spiro atoms. The van der Waals surface area contributed by atoms with Crippen LogP contribution in [0.15, 0.2) is 29.2 Å². The van der Waals surface area contributed by atoms with E-state index in [1.807, 2.05) is 13.8 Å². The number of carbonyl (C=O) groups is 1. The summed E-state index contributed by atoms with van der Waals surface area (Å²) in [5.74, 6) is 5.90. The number of likely N-dealkylation sites (N-methyl/N-ethyl adjacent to an activating group) is 1. The van der Waals surface area contributed by atoms with Crippen molar-refractivity contribution in [2.45, 2.75) is 63.3 Å². The number of ether oxygens (including phenoxy) is 1. The average Bonchev–Trinajstić information content (AvgIpc) is 2.78. The number of hydrogen-bond acceptors (Lipinski definition) is 7. The Morgan fingerprint density at radius 1 is 1.24 bits per heavy atom. The number of amides is 1. The maximum absolute atomic E-state index is 13.3. The number of hydrogen-bond donors (Lipinski definition) is 2. The largest absolute Gasteiger partial charge is 0.481 e. The molecule has 0 fully saturated rings. The molecule has 10 heteroatoms. The highest BCUT2D eigenvalue weighted by molar-refractivity contribution is 8.00. The Labute approximate surface area is 203 Å². The molecule has 2 atom stereocenters. The topological polar surface area (TPSA) is 99.2 Å². The van der Waals surface area contributed by atoms with Gasteiger partial charge in [0.15, 0.2) is 0 Å². The van der Waals surface area contributed by atoms with Crippen LogP contribution in [0.25, 0.3) is 0 Å². The van der Waals surface area contributed by atoms with Gasteiger partial charge in [-0.05, 0) is 65.0 Å². The molecule has 0 aliphatic carbocycles. The van der Waals surface area contributed by atoms with E-state index in [0.29, 0.717) is 11.5 Å². The van der Waals surface area contributed by atoms with Crippen LogP contribution in [-0.4, -0.2) is 78.1 Å². The van der Waals surface area contributed by atoms with Gasteiger partial charge in [-0.2, -0.15) is 16.1 Å². The van der Waals surface area contributed by atoms with Crippen molar-refractivity contribution in [3.63, 3.8) is 0 Å². The summed E-state index contributed by atoms with van der Waals surface area (Å²) < 4.78 is 32.3. The molecule has 0 radical (unpaired) electrons. The van der Waals surface area contributed by atoms with E-state index in [1.54, 1.807) is 24.5 Å². The summed E-state index contributed by atoms with van der Waals surface area (Å²) in [4.78, 5) is 15.0. The quantitative estimate of drug-likeness (QED) is 0.245. The lowest BCUT2D eigenvalue weighted by atomic mass is 10.0. The Kier molecular flexibility index (Phi) is 11.7. The molecule has 1 rings (SSSR count). The molecular weight excluding hydrogens is 462 g/mol. The van der Waals surface area contributed by atoms with Gasteiger partial charge in [0.1, 0.15) is 18.4 Å². The fourth-order valence-electron chi connectivity index (χ4n) is 3.55. The summed E-state index contributed by atoms with van der Waals surface area (Å²) in [6, 6.07) is 5.05. The minimum absolute atomic E-state index is 0.0203. The minimum Gasteiger partial charge on any atom is -0.481 e. The third kappa shape index (κ3) is 7.90. The Morgan fingerprint density at radius 2 is 1.82 bits per heavy atom. The number of rotatable bonds is 13. The highest BCUT2D eigenvalue weighted by Crippen LogP contribution is 2.34. The lowest BCUT2D eigenvalue weighted by Crippen LogP contribution is -2.56. The van der Waals surface area contributed by atoms with Crippen LogP contribution in [0.1, 0.15) is 41.5 Å². The van der Waals surface area contributed by atoms with Crippen molar-refractivity contribution >= 4 is 27.7 Å². The van der Waals surface area contributed by atoms with E-state index in [2.05, 4.69) is 37.5 Å². The summed E-state index contributed by atoms with van der Waals surface area (Å²) in [5, 5.41) is 9.37. The first-order valence-corrected chi connectivity index (χ1v) is 13.3. The molecule has 0 bridgehead atoms. The zero-order valence-electron chi connectivity index (χ0n) is 20.6. The van der Waals surface area contributed by atoms with E-state index in [9.17, 15) is 18.4 Å². The predicted molar refractivity (Wildman–Crippen MR) is 133 cm³/mol. The van der Waals surface area contributed by atoms with E-state index in [1.165, 1.54) is 30.9 Å². The smallest absolute Gasteiger partial charge is 0.263 e. The lowest BCUT2D eigenvalue weighted by Gasteiger charge is -2.38. The lowest BCUT2D eigenvalue weighted by molar-refractivity contribution is -0.133. The number of hydroxylamine groups is 1. The van der Waals surface area contributed by atoms with Gasteiger partial charge in [0.25, 0.3) is 5.91 Å². The number of carbonyl (C=O) groups excluding carboxylic acids is 1. The summed E-state index contributed by atoms with van der Waals surface area (Å²) in [7, 11) is -2.67. The third-order valence-corrected chi connectivity index (χ3v) is 8.95. The average molecular weight is 500 g/mol. The van der Waals surface area contributed by atoms with E-state index < -0.39 is 26.7 Å². The first-order valence-electron chi connectivity index (χ1n) is 10.9. The van der Waals surface area contributed by atoms with Crippen LogP contribution in [0.5, 0.6) is 5.75 Å². The van der Waals surface area contributed by atoms with Gasteiger partial charge in [0.05, 0.1) is 4.90 Å². The van der Waals surface area contributed by atoms with Gasteiger partial charge >= 0.3 is 0 Å². The second-order valence-corrected chi connectivity index (χ2v) is 11.7. The summed E-state index contributed by atoms with van der Waals surface area (Å²) in [5.41, 5.74) is 1.64. The molecule has 33 heavy (non-hydrogen) atoms. The first-order chi connectivity index (χ1) is 15.5. The molecule has 0 aromatic heterocycles. The molecule has 0 saturated heterocycles. The maximum atomic E-state index is 13.3. The molecule has 0 saturated carbocycles. The molecule has 2 N–H and O–H groups in total. The fraction of sp³-hybridized carbons (Fsp3) is 0.609. The number of nitrogens with zero attached hydrogens (tertiary/aromatic N) is 2. The van der Waals surface area contributed by atoms with Crippen LogP contribution in [0.4, 0.5) is 0 Å². The molecule has 186 valence electrons. The molecule has 1 aromatic rings. The van der Waals surface area contributed by atoms with Gasteiger partial charge in [0.2, 0.25) is 10.0 Å². The van der Waals surface area contributed by atoms with Crippen LogP contribution in [0.3, 0.4) is 0 Å². The zero-order valence-corrected chi connectivity index (χ0v) is 22.2. The van der Waals surface area contributed by atoms with Gasteiger partial charge < -0.3 is 9.64 Å². The summed E-state index contributed by atoms with van der Waals surface area (Å²) >= 11 is 1.50. The highest BCUT2D eigenvalue weighted by atomic mass is 32.2. The normalized spacial score (nSPS) is 13.9. The second kappa shape index (κ2) is 13.2. The number of nitrogens with one attached hydrogen (secondary N) is 1. The van der Waals surface area contributed by atoms with Gasteiger partial charge in [-0.1, -0.05) is 19.8 Å². The minimum atomic E-state index is -4.03. The predicted octanol–water partition coefficient (Wildman–Crippen LogP) is 2.83. The van der Waals surface area contributed by atoms with Crippen molar-refractivity contribution < 1.29 is 23.2 Å². The first kappa shape index (κ1) is 29.3. The molecule has 1 amide bonds. The van der Waals surface area contributed by atoms with Crippen LogP contribution >= 0.6 is 11.8 Å².